The maximum absolute atomic E-state index is 12.0. The molecule has 3 rings (SSSR count). The molecule has 1 N–H and O–H groups in total. The van der Waals surface area contributed by atoms with Crippen molar-refractivity contribution in [3.8, 4) is 5.75 Å². The summed E-state index contributed by atoms with van der Waals surface area (Å²) in [6.07, 6.45) is 11.7. The first-order valence-corrected chi connectivity index (χ1v) is 12.7. The van der Waals surface area contributed by atoms with Gasteiger partial charge in [0.25, 0.3) is 0 Å². The van der Waals surface area contributed by atoms with Crippen molar-refractivity contribution in [1.29, 1.82) is 0 Å². The molecule has 2 aliphatic rings. The van der Waals surface area contributed by atoms with Crippen LogP contribution >= 0.6 is 11.8 Å². The van der Waals surface area contributed by atoms with Crippen LogP contribution in [0.1, 0.15) is 63.4 Å². The number of ether oxygens (including phenoxy) is 1. The van der Waals surface area contributed by atoms with Crippen molar-refractivity contribution < 1.29 is 9.53 Å². The monoisotopic (exact) mass is 418 g/mol. The molecule has 1 aliphatic carbocycles. The van der Waals surface area contributed by atoms with Gasteiger partial charge < -0.3 is 10.1 Å². The fraction of sp³-hybridized carbons (Fsp3) is 0.708. The van der Waals surface area contributed by atoms with Gasteiger partial charge in [0.15, 0.2) is 0 Å². The van der Waals surface area contributed by atoms with E-state index < -0.39 is 0 Å². The van der Waals surface area contributed by atoms with E-state index in [9.17, 15) is 4.79 Å². The number of piperidine rings is 1. The first-order valence-electron chi connectivity index (χ1n) is 11.6. The second kappa shape index (κ2) is 13.2. The van der Waals surface area contributed by atoms with Gasteiger partial charge in [-0.05, 0) is 74.6 Å². The van der Waals surface area contributed by atoms with Crippen molar-refractivity contribution in [2.24, 2.45) is 5.92 Å². The lowest BCUT2D eigenvalue weighted by molar-refractivity contribution is -0.118. The molecule has 0 bridgehead atoms. The molecule has 1 aromatic rings. The molecule has 0 aromatic heterocycles. The van der Waals surface area contributed by atoms with Gasteiger partial charge >= 0.3 is 0 Å². The number of carbonyl (C=O) groups is 1. The predicted octanol–water partition coefficient (Wildman–Crippen LogP) is 4.87. The number of likely N-dealkylation sites (tertiary alicyclic amines) is 1. The topological polar surface area (TPSA) is 41.6 Å². The molecular weight excluding hydrogens is 380 g/mol. The zero-order valence-electron chi connectivity index (χ0n) is 17.9. The van der Waals surface area contributed by atoms with Crippen LogP contribution in [-0.4, -0.2) is 48.6 Å². The van der Waals surface area contributed by atoms with Crippen molar-refractivity contribution in [2.45, 2.75) is 64.3 Å². The Kier molecular flexibility index (Phi) is 10.2. The summed E-state index contributed by atoms with van der Waals surface area (Å²) in [6.45, 7) is 4.78. The molecule has 1 amide bonds. The van der Waals surface area contributed by atoms with Gasteiger partial charge in [-0.25, -0.2) is 0 Å². The Labute approximate surface area is 181 Å². The highest BCUT2D eigenvalue weighted by molar-refractivity contribution is 7.99. The zero-order chi connectivity index (χ0) is 20.2. The number of hydrogen-bond acceptors (Lipinski definition) is 4. The van der Waals surface area contributed by atoms with E-state index in [1.54, 1.807) is 11.8 Å². The van der Waals surface area contributed by atoms with Crippen molar-refractivity contribution >= 4 is 17.7 Å². The number of amides is 1. The van der Waals surface area contributed by atoms with E-state index in [2.05, 4.69) is 28.4 Å². The molecular formula is C24H38N2O2S. The second-order valence-corrected chi connectivity index (χ2v) is 9.59. The number of rotatable bonds is 11. The lowest BCUT2D eigenvalue weighted by Gasteiger charge is -2.26. The van der Waals surface area contributed by atoms with Crippen LogP contribution in [0.2, 0.25) is 0 Å². The molecule has 4 nitrogen and oxygen atoms in total. The average Bonchev–Trinajstić information content (AvgIpc) is 2.75. The van der Waals surface area contributed by atoms with Gasteiger partial charge in [0.2, 0.25) is 5.91 Å². The Bertz CT molecular complexity index is 598. The van der Waals surface area contributed by atoms with Crippen molar-refractivity contribution in [3.63, 3.8) is 0 Å². The number of hydrogen-bond donors (Lipinski definition) is 1. The van der Waals surface area contributed by atoms with E-state index in [-0.39, 0.29) is 5.91 Å². The van der Waals surface area contributed by atoms with Gasteiger partial charge in [-0.1, -0.05) is 37.8 Å². The van der Waals surface area contributed by atoms with E-state index >= 15 is 0 Å². The molecule has 1 aliphatic heterocycles. The quantitative estimate of drug-likeness (QED) is 0.521. The standard InChI is InChI=1S/C24H38N2O2S/c27-24(20-29-19-21-9-3-1-4-10-21)25-13-8-16-28-23-12-7-11-22(17-23)18-26-14-5-2-6-15-26/h7,11-12,17,21H,1-6,8-10,13-16,18-20H2,(H,25,27). The maximum atomic E-state index is 12.0. The molecule has 1 saturated carbocycles. The van der Waals surface area contributed by atoms with E-state index in [1.807, 2.05) is 6.07 Å². The van der Waals surface area contributed by atoms with Crippen LogP contribution in [0.4, 0.5) is 0 Å². The molecule has 0 unspecified atom stereocenters. The lowest BCUT2D eigenvalue weighted by atomic mass is 9.91. The molecule has 2 fully saturated rings. The molecule has 0 spiro atoms. The highest BCUT2D eigenvalue weighted by Gasteiger charge is 2.14. The van der Waals surface area contributed by atoms with Crippen molar-refractivity contribution in [2.75, 3.05) is 37.7 Å². The Balaban J connectivity index is 1.23. The van der Waals surface area contributed by atoms with Gasteiger partial charge in [0, 0.05) is 13.1 Å². The minimum atomic E-state index is 0.161. The third-order valence-corrected chi connectivity index (χ3v) is 7.15. The summed E-state index contributed by atoms with van der Waals surface area (Å²) in [6, 6.07) is 8.46. The van der Waals surface area contributed by atoms with Gasteiger partial charge in [-0.15, -0.1) is 0 Å². The minimum absolute atomic E-state index is 0.161. The predicted molar refractivity (Wildman–Crippen MR) is 123 cm³/mol. The summed E-state index contributed by atoms with van der Waals surface area (Å²) < 4.78 is 5.90. The highest BCUT2D eigenvalue weighted by atomic mass is 32.2. The van der Waals surface area contributed by atoms with Crippen LogP contribution in [0.15, 0.2) is 24.3 Å². The third kappa shape index (κ3) is 9.00. The Morgan fingerprint density at radius 3 is 2.72 bits per heavy atom. The van der Waals surface area contributed by atoms with Crippen molar-refractivity contribution in [3.05, 3.63) is 29.8 Å². The molecule has 5 heteroatoms. The number of thioether (sulfide) groups is 1. The molecule has 0 atom stereocenters. The average molecular weight is 419 g/mol. The Morgan fingerprint density at radius 1 is 1.10 bits per heavy atom. The smallest absolute Gasteiger partial charge is 0.229 e. The fourth-order valence-corrected chi connectivity index (χ4v) is 5.39. The number of nitrogens with one attached hydrogen (secondary N) is 1. The van der Waals surface area contributed by atoms with Crippen molar-refractivity contribution in [1.82, 2.24) is 10.2 Å². The lowest BCUT2D eigenvalue weighted by Crippen LogP contribution is -2.29. The van der Waals surface area contributed by atoms with Crippen LogP contribution in [0, 0.1) is 5.92 Å². The zero-order valence-corrected chi connectivity index (χ0v) is 18.7. The van der Waals surface area contributed by atoms with Gasteiger partial charge in [-0.3, -0.25) is 9.69 Å². The van der Waals surface area contributed by atoms with Gasteiger partial charge in [-0.2, -0.15) is 11.8 Å². The van der Waals surface area contributed by atoms with Crippen LogP contribution in [-0.2, 0) is 11.3 Å². The first-order chi connectivity index (χ1) is 14.3. The SMILES string of the molecule is O=C(CSCC1CCCCC1)NCCCOc1cccc(CN2CCCCC2)c1. The van der Waals surface area contributed by atoms with Crippen LogP contribution < -0.4 is 10.1 Å². The molecule has 1 heterocycles. The first kappa shape index (κ1) is 22.5. The molecule has 29 heavy (non-hydrogen) atoms. The minimum Gasteiger partial charge on any atom is -0.494 e. The summed E-state index contributed by atoms with van der Waals surface area (Å²) in [7, 11) is 0. The second-order valence-electron chi connectivity index (χ2n) is 8.56. The summed E-state index contributed by atoms with van der Waals surface area (Å²) in [4.78, 5) is 14.5. The largest absolute Gasteiger partial charge is 0.494 e. The highest BCUT2D eigenvalue weighted by Crippen LogP contribution is 2.26. The molecule has 1 aromatic carbocycles. The summed E-state index contributed by atoms with van der Waals surface area (Å²) in [5.74, 6) is 3.67. The van der Waals surface area contributed by atoms with Gasteiger partial charge in [0.05, 0.1) is 12.4 Å². The molecule has 162 valence electrons. The number of carbonyl (C=O) groups excluding carboxylic acids is 1. The summed E-state index contributed by atoms with van der Waals surface area (Å²) in [5.41, 5.74) is 1.33. The van der Waals surface area contributed by atoms with E-state index in [1.165, 1.54) is 70.0 Å². The van der Waals surface area contributed by atoms with Crippen LogP contribution in [0.5, 0.6) is 5.75 Å². The maximum Gasteiger partial charge on any atom is 0.229 e. The number of benzene rings is 1. The summed E-state index contributed by atoms with van der Waals surface area (Å²) >= 11 is 1.80. The van der Waals surface area contributed by atoms with E-state index in [4.69, 9.17) is 4.74 Å². The molecule has 1 saturated heterocycles. The molecule has 0 radical (unpaired) electrons. The van der Waals surface area contributed by atoms with E-state index in [0.29, 0.717) is 18.9 Å². The Hall–Kier alpha value is -1.20. The number of nitrogens with zero attached hydrogens (tertiary/aromatic N) is 1. The summed E-state index contributed by atoms with van der Waals surface area (Å²) in [5, 5.41) is 3.03. The Morgan fingerprint density at radius 2 is 1.90 bits per heavy atom. The third-order valence-electron chi connectivity index (χ3n) is 5.98. The normalized spacial score (nSPS) is 18.5. The van der Waals surface area contributed by atoms with Crippen LogP contribution in [0.25, 0.3) is 0 Å². The van der Waals surface area contributed by atoms with Gasteiger partial charge in [0.1, 0.15) is 5.75 Å². The van der Waals surface area contributed by atoms with E-state index in [0.717, 1.165) is 30.4 Å². The fourth-order valence-electron chi connectivity index (χ4n) is 4.32. The van der Waals surface area contributed by atoms with Crippen LogP contribution in [0.3, 0.4) is 0 Å².